The number of methoxy groups -OCH3 is 1. The molecule has 1 aliphatic carbocycles. The van der Waals surface area contributed by atoms with Crippen LogP contribution in [0.2, 0.25) is 0 Å². The summed E-state index contributed by atoms with van der Waals surface area (Å²) in [6, 6.07) is 6.12. The molecule has 0 bridgehead atoms. The number of carbonyl (C=O) groups is 1. The van der Waals surface area contributed by atoms with Gasteiger partial charge in [0, 0.05) is 6.04 Å². The highest BCUT2D eigenvalue weighted by molar-refractivity contribution is 7.89. The molecule has 0 fully saturated rings. The van der Waals surface area contributed by atoms with E-state index in [-0.39, 0.29) is 11.3 Å². The van der Waals surface area contributed by atoms with Crippen molar-refractivity contribution in [1.29, 1.82) is 0 Å². The van der Waals surface area contributed by atoms with Gasteiger partial charge in [-0.3, -0.25) is 0 Å². The summed E-state index contributed by atoms with van der Waals surface area (Å²) < 4.78 is 72.6. The summed E-state index contributed by atoms with van der Waals surface area (Å²) in [5.74, 6) is -1.30. The third kappa shape index (κ3) is 3.83. The molecule has 28 heavy (non-hydrogen) atoms. The number of carboxylic acid groups (broad SMARTS) is 1. The molecule has 0 saturated carbocycles. The SMILES string of the molecule is COc1ccc(S(=O)(=O)NC2CCc3ccc(C(=O)O)cc32)c(C(F)(F)F)c1. The smallest absolute Gasteiger partial charge is 0.417 e. The van der Waals surface area contributed by atoms with Gasteiger partial charge in [0.2, 0.25) is 10.0 Å². The normalized spacial score (nSPS) is 16.6. The first kappa shape index (κ1) is 20.2. The molecule has 10 heteroatoms. The van der Waals surface area contributed by atoms with E-state index in [2.05, 4.69) is 4.72 Å². The number of halogens is 3. The van der Waals surface area contributed by atoms with E-state index in [9.17, 15) is 26.4 Å². The van der Waals surface area contributed by atoms with Crippen LogP contribution in [0.4, 0.5) is 13.2 Å². The molecular formula is C18H16F3NO5S. The number of aromatic carboxylic acids is 1. The van der Waals surface area contributed by atoms with Gasteiger partial charge in [0.25, 0.3) is 0 Å². The monoisotopic (exact) mass is 415 g/mol. The van der Waals surface area contributed by atoms with Crippen molar-refractivity contribution in [2.24, 2.45) is 0 Å². The second-order valence-electron chi connectivity index (χ2n) is 6.29. The predicted molar refractivity (Wildman–Crippen MR) is 92.8 cm³/mol. The van der Waals surface area contributed by atoms with Gasteiger partial charge in [-0.05, 0) is 54.3 Å². The molecule has 0 aromatic heterocycles. The number of aryl methyl sites for hydroxylation is 1. The molecular weight excluding hydrogens is 399 g/mol. The number of carboxylic acids is 1. The van der Waals surface area contributed by atoms with Gasteiger partial charge in [-0.1, -0.05) is 6.07 Å². The number of hydrogen-bond acceptors (Lipinski definition) is 4. The highest BCUT2D eigenvalue weighted by Gasteiger charge is 2.39. The van der Waals surface area contributed by atoms with Gasteiger partial charge in [0.1, 0.15) is 5.75 Å². The van der Waals surface area contributed by atoms with E-state index in [1.807, 2.05) is 0 Å². The maximum atomic E-state index is 13.4. The maximum absolute atomic E-state index is 13.4. The Morgan fingerprint density at radius 3 is 2.54 bits per heavy atom. The molecule has 1 aliphatic rings. The summed E-state index contributed by atoms with van der Waals surface area (Å²) in [5.41, 5.74) is -0.156. The highest BCUT2D eigenvalue weighted by Crippen LogP contribution is 2.38. The molecule has 0 heterocycles. The van der Waals surface area contributed by atoms with Crippen molar-refractivity contribution in [2.45, 2.75) is 30.0 Å². The van der Waals surface area contributed by atoms with Crippen LogP contribution in [0.25, 0.3) is 0 Å². The lowest BCUT2D eigenvalue weighted by atomic mass is 10.0. The van der Waals surface area contributed by atoms with E-state index >= 15 is 0 Å². The fourth-order valence-corrected chi connectivity index (χ4v) is 4.66. The minimum atomic E-state index is -4.90. The van der Waals surface area contributed by atoms with Gasteiger partial charge in [0.15, 0.2) is 0 Å². The molecule has 6 nitrogen and oxygen atoms in total. The van der Waals surface area contributed by atoms with Gasteiger partial charge in [-0.2, -0.15) is 13.2 Å². The number of alkyl halides is 3. The van der Waals surface area contributed by atoms with Crippen molar-refractivity contribution in [3.63, 3.8) is 0 Å². The van der Waals surface area contributed by atoms with Crippen molar-refractivity contribution in [3.8, 4) is 5.75 Å². The third-order valence-corrected chi connectivity index (χ3v) is 6.08. The zero-order valence-corrected chi connectivity index (χ0v) is 15.4. The Labute approximate surface area is 159 Å². The molecule has 2 aromatic rings. The van der Waals surface area contributed by atoms with Gasteiger partial charge in [0.05, 0.1) is 23.1 Å². The molecule has 2 aromatic carbocycles. The maximum Gasteiger partial charge on any atom is 0.417 e. The van der Waals surface area contributed by atoms with Gasteiger partial charge in [-0.15, -0.1) is 0 Å². The minimum Gasteiger partial charge on any atom is -0.497 e. The summed E-state index contributed by atoms with van der Waals surface area (Å²) in [6.07, 6.45) is -4.10. The quantitative estimate of drug-likeness (QED) is 0.781. The number of rotatable bonds is 5. The van der Waals surface area contributed by atoms with E-state index in [0.29, 0.717) is 24.5 Å². The van der Waals surface area contributed by atoms with Crippen LogP contribution in [0.1, 0.15) is 39.5 Å². The number of sulfonamides is 1. The number of fused-ring (bicyclic) bond motifs is 1. The van der Waals surface area contributed by atoms with Crippen molar-refractivity contribution >= 4 is 16.0 Å². The predicted octanol–water partition coefficient (Wildman–Crippen LogP) is 3.38. The van der Waals surface area contributed by atoms with Crippen LogP contribution in [0.15, 0.2) is 41.3 Å². The van der Waals surface area contributed by atoms with Crippen molar-refractivity contribution in [1.82, 2.24) is 4.72 Å². The second kappa shape index (κ2) is 7.10. The average molecular weight is 415 g/mol. The molecule has 0 spiro atoms. The van der Waals surface area contributed by atoms with Crippen molar-refractivity contribution in [3.05, 3.63) is 58.7 Å². The standard InChI is InChI=1S/C18H16F3NO5S/c1-27-12-5-7-16(14(9-12)18(19,20)21)28(25,26)22-15-6-4-10-2-3-11(17(23)24)8-13(10)15/h2-3,5,7-9,15,22H,4,6H2,1H3,(H,23,24). The van der Waals surface area contributed by atoms with Crippen LogP contribution in [0.3, 0.4) is 0 Å². The van der Waals surface area contributed by atoms with Crippen LogP contribution in [-0.4, -0.2) is 26.6 Å². The lowest BCUT2D eigenvalue weighted by Gasteiger charge is -2.18. The van der Waals surface area contributed by atoms with Crippen LogP contribution in [0, 0.1) is 0 Å². The Morgan fingerprint density at radius 1 is 1.21 bits per heavy atom. The average Bonchev–Trinajstić information content (AvgIpc) is 3.02. The topological polar surface area (TPSA) is 92.7 Å². The fourth-order valence-electron chi connectivity index (χ4n) is 3.20. The Balaban J connectivity index is 1.99. The first-order valence-electron chi connectivity index (χ1n) is 8.16. The van der Waals surface area contributed by atoms with E-state index in [4.69, 9.17) is 9.84 Å². The summed E-state index contributed by atoms with van der Waals surface area (Å²) in [7, 11) is -3.35. The first-order chi connectivity index (χ1) is 13.0. The van der Waals surface area contributed by atoms with Crippen LogP contribution >= 0.6 is 0 Å². The van der Waals surface area contributed by atoms with Crippen LogP contribution < -0.4 is 9.46 Å². The van der Waals surface area contributed by atoms with Crippen molar-refractivity contribution in [2.75, 3.05) is 7.11 Å². The van der Waals surface area contributed by atoms with E-state index < -0.39 is 38.7 Å². The molecule has 0 amide bonds. The van der Waals surface area contributed by atoms with Crippen LogP contribution in [0.5, 0.6) is 5.75 Å². The summed E-state index contributed by atoms with van der Waals surface area (Å²) in [5, 5.41) is 9.11. The fraction of sp³-hybridized carbons (Fsp3) is 0.278. The van der Waals surface area contributed by atoms with Gasteiger partial charge < -0.3 is 9.84 Å². The summed E-state index contributed by atoms with van der Waals surface area (Å²) in [4.78, 5) is 10.2. The van der Waals surface area contributed by atoms with Gasteiger partial charge >= 0.3 is 12.1 Å². The molecule has 1 unspecified atom stereocenters. The Hall–Kier alpha value is -2.59. The minimum absolute atomic E-state index is 0.0229. The molecule has 150 valence electrons. The third-order valence-electron chi connectivity index (χ3n) is 4.55. The lowest BCUT2D eigenvalue weighted by Crippen LogP contribution is -2.29. The van der Waals surface area contributed by atoms with Crippen LogP contribution in [-0.2, 0) is 22.6 Å². The van der Waals surface area contributed by atoms with Gasteiger partial charge in [-0.25, -0.2) is 17.9 Å². The summed E-state index contributed by atoms with van der Waals surface area (Å²) >= 11 is 0. The number of ether oxygens (including phenoxy) is 1. The zero-order chi connectivity index (χ0) is 20.7. The lowest BCUT2D eigenvalue weighted by molar-refractivity contribution is -0.140. The van der Waals surface area contributed by atoms with Crippen molar-refractivity contribution < 1.29 is 36.2 Å². The van der Waals surface area contributed by atoms with E-state index in [1.54, 1.807) is 6.07 Å². The largest absolute Gasteiger partial charge is 0.497 e. The number of nitrogens with one attached hydrogen (secondary N) is 1. The Morgan fingerprint density at radius 2 is 1.93 bits per heavy atom. The number of hydrogen-bond donors (Lipinski definition) is 2. The van der Waals surface area contributed by atoms with E-state index in [0.717, 1.165) is 17.7 Å². The molecule has 0 aliphatic heterocycles. The highest BCUT2D eigenvalue weighted by atomic mass is 32.2. The first-order valence-corrected chi connectivity index (χ1v) is 9.65. The zero-order valence-electron chi connectivity index (χ0n) is 14.6. The molecule has 0 saturated heterocycles. The molecule has 1 atom stereocenters. The van der Waals surface area contributed by atoms with E-state index in [1.165, 1.54) is 19.2 Å². The Bertz CT molecular complexity index is 1030. The number of benzene rings is 2. The molecule has 0 radical (unpaired) electrons. The molecule has 3 rings (SSSR count). The summed E-state index contributed by atoms with van der Waals surface area (Å²) in [6.45, 7) is 0. The second-order valence-corrected chi connectivity index (χ2v) is 7.97. The Kier molecular flexibility index (Phi) is 5.11. The molecule has 2 N–H and O–H groups in total.